The van der Waals surface area contributed by atoms with E-state index in [0.29, 0.717) is 22.4 Å². The van der Waals surface area contributed by atoms with Crippen LogP contribution in [0, 0.1) is 0 Å². The van der Waals surface area contributed by atoms with E-state index in [2.05, 4.69) is 53.4 Å². The zero-order valence-electron chi connectivity index (χ0n) is 15.4. The summed E-state index contributed by atoms with van der Waals surface area (Å²) in [5, 5.41) is 1.24. The maximum absolute atomic E-state index is 6.14. The predicted octanol–water partition coefficient (Wildman–Crippen LogP) is 7.85. The van der Waals surface area contributed by atoms with Crippen LogP contribution in [0.3, 0.4) is 0 Å². The first-order chi connectivity index (χ1) is 13.7. The molecule has 5 heteroatoms. The quantitative estimate of drug-likeness (QED) is 0.354. The van der Waals surface area contributed by atoms with Gasteiger partial charge in [-0.1, -0.05) is 59.2 Å². The fourth-order valence-corrected chi connectivity index (χ4v) is 4.77. The summed E-state index contributed by atoms with van der Waals surface area (Å²) in [6.45, 7) is 1.63. The third kappa shape index (κ3) is 4.43. The molecule has 28 heavy (non-hydrogen) atoms. The number of anilines is 2. The molecule has 1 aliphatic heterocycles. The van der Waals surface area contributed by atoms with E-state index in [-0.39, 0.29) is 0 Å². The van der Waals surface area contributed by atoms with Crippen LogP contribution in [-0.4, -0.2) is 13.2 Å². The van der Waals surface area contributed by atoms with Crippen LogP contribution in [0.5, 0.6) is 5.75 Å². The van der Waals surface area contributed by atoms with Gasteiger partial charge in [0.2, 0.25) is 0 Å². The highest BCUT2D eigenvalue weighted by Gasteiger charge is 2.22. The smallest absolute Gasteiger partial charge is 0.139 e. The molecular weight excluding hydrogens is 409 g/mol. The van der Waals surface area contributed by atoms with Gasteiger partial charge in [0.25, 0.3) is 0 Å². The van der Waals surface area contributed by atoms with Crippen molar-refractivity contribution in [3.8, 4) is 5.75 Å². The van der Waals surface area contributed by atoms with E-state index in [0.717, 1.165) is 25.8 Å². The fourth-order valence-electron chi connectivity index (χ4n) is 3.34. The highest BCUT2D eigenvalue weighted by Crippen LogP contribution is 2.47. The number of rotatable bonds is 7. The van der Waals surface area contributed by atoms with Gasteiger partial charge >= 0.3 is 0 Å². The van der Waals surface area contributed by atoms with Crippen LogP contribution in [0.1, 0.15) is 19.3 Å². The molecule has 3 aromatic carbocycles. The Morgan fingerprint density at radius 2 is 1.46 bits per heavy atom. The minimum atomic E-state index is 0.600. The lowest BCUT2D eigenvalue weighted by molar-refractivity contribution is 0.306. The Bertz CT molecular complexity index is 917. The van der Waals surface area contributed by atoms with Crippen molar-refractivity contribution >= 4 is 46.3 Å². The molecule has 0 N–H and O–H groups in total. The largest absolute Gasteiger partial charge is 0.492 e. The minimum Gasteiger partial charge on any atom is -0.492 e. The normalized spacial score (nSPS) is 12.4. The highest BCUT2D eigenvalue weighted by atomic mass is 35.5. The van der Waals surface area contributed by atoms with E-state index in [9.17, 15) is 0 Å². The fraction of sp³-hybridized carbons (Fsp3) is 0.217. The Balaban J connectivity index is 1.32. The Morgan fingerprint density at radius 1 is 0.786 bits per heavy atom. The maximum Gasteiger partial charge on any atom is 0.139 e. The number of hydrogen-bond donors (Lipinski definition) is 0. The lowest BCUT2D eigenvalue weighted by Crippen LogP contribution is -2.22. The van der Waals surface area contributed by atoms with Crippen molar-refractivity contribution in [1.29, 1.82) is 0 Å². The molecule has 0 radical (unpaired) electrons. The van der Waals surface area contributed by atoms with E-state index in [4.69, 9.17) is 27.9 Å². The number of para-hydroxylation sites is 2. The zero-order valence-corrected chi connectivity index (χ0v) is 17.7. The van der Waals surface area contributed by atoms with Crippen molar-refractivity contribution < 1.29 is 4.74 Å². The molecular formula is C23H21Cl2NOS. The molecule has 2 nitrogen and oxygen atoms in total. The topological polar surface area (TPSA) is 12.5 Å². The molecule has 3 aromatic rings. The van der Waals surface area contributed by atoms with Crippen molar-refractivity contribution in [2.75, 3.05) is 18.1 Å². The van der Waals surface area contributed by atoms with Crippen LogP contribution in [0.4, 0.5) is 11.4 Å². The van der Waals surface area contributed by atoms with E-state index < -0.39 is 0 Å². The summed E-state index contributed by atoms with van der Waals surface area (Å²) in [6.07, 6.45) is 3.17. The molecule has 144 valence electrons. The molecule has 0 saturated carbocycles. The molecule has 0 aliphatic carbocycles. The van der Waals surface area contributed by atoms with E-state index in [1.54, 1.807) is 18.2 Å². The lowest BCUT2D eigenvalue weighted by Gasteiger charge is -2.32. The molecule has 1 heterocycles. The van der Waals surface area contributed by atoms with Gasteiger partial charge in [0.1, 0.15) is 5.75 Å². The van der Waals surface area contributed by atoms with E-state index >= 15 is 0 Å². The number of fused-ring (bicyclic) bond motifs is 2. The lowest BCUT2D eigenvalue weighted by atomic mass is 10.2. The highest BCUT2D eigenvalue weighted by molar-refractivity contribution is 7.99. The van der Waals surface area contributed by atoms with Crippen molar-refractivity contribution in [3.05, 3.63) is 76.8 Å². The van der Waals surface area contributed by atoms with Crippen LogP contribution < -0.4 is 9.64 Å². The van der Waals surface area contributed by atoms with Crippen LogP contribution in [0.15, 0.2) is 76.5 Å². The number of unbranched alkanes of at least 4 members (excludes halogenated alkanes) is 2. The van der Waals surface area contributed by atoms with Crippen molar-refractivity contribution in [1.82, 2.24) is 0 Å². The van der Waals surface area contributed by atoms with Gasteiger partial charge in [-0.05, 0) is 55.7 Å². The Labute approximate surface area is 180 Å². The number of nitrogens with zero attached hydrogens (tertiary/aromatic N) is 1. The molecule has 0 bridgehead atoms. The van der Waals surface area contributed by atoms with Gasteiger partial charge in [-0.15, -0.1) is 0 Å². The van der Waals surface area contributed by atoms with E-state index in [1.165, 1.54) is 21.2 Å². The summed E-state index contributed by atoms with van der Waals surface area (Å²) < 4.78 is 5.79. The van der Waals surface area contributed by atoms with Gasteiger partial charge in [0, 0.05) is 27.4 Å². The average Bonchev–Trinajstić information content (AvgIpc) is 2.72. The predicted molar refractivity (Wildman–Crippen MR) is 120 cm³/mol. The maximum atomic E-state index is 6.14. The monoisotopic (exact) mass is 429 g/mol. The SMILES string of the molecule is Clc1ccc(Cl)c(OCCCCCN2c3ccccc3Sc3ccccc32)c1. The first-order valence-corrected chi connectivity index (χ1v) is 11.0. The second-order valence-corrected chi connectivity index (χ2v) is 8.60. The van der Waals surface area contributed by atoms with Gasteiger partial charge in [0.05, 0.1) is 23.0 Å². The Hall–Kier alpha value is -1.81. The summed E-state index contributed by atoms with van der Waals surface area (Å²) in [5.74, 6) is 0.657. The second kappa shape index (κ2) is 9.13. The number of halogens is 2. The summed E-state index contributed by atoms with van der Waals surface area (Å²) >= 11 is 14.0. The zero-order chi connectivity index (χ0) is 19.3. The molecule has 0 aromatic heterocycles. The second-order valence-electron chi connectivity index (χ2n) is 6.67. The van der Waals surface area contributed by atoms with Gasteiger partial charge in [0.15, 0.2) is 0 Å². The number of benzene rings is 3. The Kier molecular flexibility index (Phi) is 6.36. The number of ether oxygens (including phenoxy) is 1. The molecule has 0 unspecified atom stereocenters. The summed E-state index contributed by atoms with van der Waals surface area (Å²) in [5.41, 5.74) is 2.60. The summed E-state index contributed by atoms with van der Waals surface area (Å²) in [4.78, 5) is 5.08. The molecule has 1 aliphatic rings. The molecule has 4 rings (SSSR count). The van der Waals surface area contributed by atoms with Crippen LogP contribution in [0.25, 0.3) is 0 Å². The van der Waals surface area contributed by atoms with Gasteiger partial charge < -0.3 is 9.64 Å². The van der Waals surface area contributed by atoms with Crippen molar-refractivity contribution in [2.24, 2.45) is 0 Å². The molecule has 0 atom stereocenters. The van der Waals surface area contributed by atoms with Crippen LogP contribution >= 0.6 is 35.0 Å². The molecule has 0 spiro atoms. The van der Waals surface area contributed by atoms with E-state index in [1.807, 2.05) is 11.8 Å². The first kappa shape index (κ1) is 19.5. The van der Waals surface area contributed by atoms with Gasteiger partial charge in [-0.3, -0.25) is 0 Å². The van der Waals surface area contributed by atoms with Gasteiger partial charge in [-0.25, -0.2) is 0 Å². The van der Waals surface area contributed by atoms with Crippen molar-refractivity contribution in [2.45, 2.75) is 29.1 Å². The molecule has 0 saturated heterocycles. The van der Waals surface area contributed by atoms with Gasteiger partial charge in [-0.2, -0.15) is 0 Å². The summed E-state index contributed by atoms with van der Waals surface area (Å²) in [7, 11) is 0. The minimum absolute atomic E-state index is 0.600. The number of hydrogen-bond acceptors (Lipinski definition) is 3. The standard InChI is InChI=1S/C23H21Cl2NOS/c24-17-12-13-18(25)21(16-17)27-15-7-1-6-14-26-19-8-2-4-10-22(19)28-23-11-5-3-9-20(23)26/h2-5,8-13,16H,1,6-7,14-15H2. The van der Waals surface area contributed by atoms with Crippen LogP contribution in [-0.2, 0) is 0 Å². The van der Waals surface area contributed by atoms with Crippen molar-refractivity contribution in [3.63, 3.8) is 0 Å². The third-order valence-electron chi connectivity index (χ3n) is 4.71. The first-order valence-electron chi connectivity index (χ1n) is 9.44. The third-order valence-corrected chi connectivity index (χ3v) is 6.39. The van der Waals surface area contributed by atoms with Crippen LogP contribution in [0.2, 0.25) is 10.0 Å². The Morgan fingerprint density at radius 3 is 2.18 bits per heavy atom. The molecule has 0 fully saturated rings. The summed E-state index contributed by atoms with van der Waals surface area (Å²) in [6, 6.07) is 22.6. The molecule has 0 amide bonds. The average molecular weight is 430 g/mol.